The van der Waals surface area contributed by atoms with Crippen molar-refractivity contribution in [3.63, 3.8) is 0 Å². The quantitative estimate of drug-likeness (QED) is 0.243. The van der Waals surface area contributed by atoms with Crippen LogP contribution in [0.15, 0.2) is 60.4 Å². The van der Waals surface area contributed by atoms with Crippen LogP contribution in [0.2, 0.25) is 0 Å². The van der Waals surface area contributed by atoms with Gasteiger partial charge in [0.05, 0.1) is 5.88 Å². The normalized spacial score (nSPS) is 11.2. The Hall–Kier alpha value is -1.00. The molecular weight excluding hydrogens is 236 g/mol. The summed E-state index contributed by atoms with van der Waals surface area (Å²) in [5.41, 5.74) is 0. The van der Waals surface area contributed by atoms with Crippen molar-refractivity contribution in [2.45, 2.75) is 5.88 Å². The van der Waals surface area contributed by atoms with Crippen molar-refractivity contribution in [3.8, 4) is 0 Å². The lowest BCUT2D eigenvalue weighted by molar-refractivity contribution is -0.675. The summed E-state index contributed by atoms with van der Waals surface area (Å²) in [7, 11) is 3.54. The second-order valence-corrected chi connectivity index (χ2v) is 5.24. The molecule has 0 fully saturated rings. The first kappa shape index (κ1) is 13.1. The molecule has 0 bridgehead atoms. The average molecular weight is 251 g/mol. The summed E-state index contributed by atoms with van der Waals surface area (Å²) in [5, 5.41) is 0. The van der Waals surface area contributed by atoms with Crippen molar-refractivity contribution in [2.24, 2.45) is 4.99 Å². The molecule has 0 aromatic carbocycles. The molecule has 0 atom stereocenters. The molecule has 0 radical (unpaired) electrons. The Balaban J connectivity index is 2.06. The van der Waals surface area contributed by atoms with Crippen LogP contribution in [0.4, 0.5) is 0 Å². The van der Waals surface area contributed by atoms with Crippen LogP contribution in [0.3, 0.4) is 0 Å². The highest BCUT2D eigenvalue weighted by Crippen LogP contribution is 2.20. The number of pyridine rings is 1. The fourth-order valence-electron chi connectivity index (χ4n) is 0.918. The number of aliphatic imine (C=N–C) groups is 1. The molecule has 16 heavy (non-hydrogen) atoms. The highest BCUT2D eigenvalue weighted by molar-refractivity contribution is 8.76. The number of nitrogens with zero attached hydrogens (tertiary/aromatic N) is 2. The summed E-state index contributed by atoms with van der Waals surface area (Å²) < 4.78 is 2.14. The topological polar surface area (TPSA) is 16.2 Å². The minimum absolute atomic E-state index is 0.777. The summed E-state index contributed by atoms with van der Waals surface area (Å²) in [4.78, 5) is 4.21. The molecule has 0 spiro atoms. The Labute approximate surface area is 105 Å². The highest BCUT2D eigenvalue weighted by atomic mass is 33.1. The zero-order valence-corrected chi connectivity index (χ0v) is 10.7. The monoisotopic (exact) mass is 251 g/mol. The van der Waals surface area contributed by atoms with Crippen LogP contribution in [0, 0.1) is 0 Å². The van der Waals surface area contributed by atoms with E-state index in [9.17, 15) is 0 Å². The van der Waals surface area contributed by atoms with Gasteiger partial charge in [0.25, 0.3) is 0 Å². The Bertz CT molecular complexity index is 347. The van der Waals surface area contributed by atoms with E-state index in [2.05, 4.69) is 28.5 Å². The van der Waals surface area contributed by atoms with E-state index in [1.807, 2.05) is 30.4 Å². The number of aromatic nitrogens is 1. The fraction of sp³-hybridized carbons (Fsp3) is 0.167. The Morgan fingerprint density at radius 1 is 1.12 bits per heavy atom. The minimum atomic E-state index is 0.777. The van der Waals surface area contributed by atoms with Gasteiger partial charge in [0.2, 0.25) is 5.88 Å². The summed E-state index contributed by atoms with van der Waals surface area (Å²) in [6.45, 7) is 3.58. The minimum Gasteiger partial charge on any atom is -0.282 e. The standard InChI is InChI=1S/C12H15N2S2/c1-2-3-5-8-13-11-15-16-12-14-9-6-4-7-10-14/h2-10H,1,11-12H2/q+1/b5-3-,13-8?. The van der Waals surface area contributed by atoms with Gasteiger partial charge in [-0.25, -0.2) is 0 Å². The molecule has 0 aliphatic carbocycles. The largest absolute Gasteiger partial charge is 0.282 e. The van der Waals surface area contributed by atoms with Crippen LogP contribution in [0.25, 0.3) is 0 Å². The molecule has 0 aliphatic heterocycles. The molecule has 1 aromatic rings. The van der Waals surface area contributed by atoms with Gasteiger partial charge in [0.1, 0.15) is 0 Å². The van der Waals surface area contributed by atoms with E-state index < -0.39 is 0 Å². The Morgan fingerprint density at radius 2 is 1.94 bits per heavy atom. The molecule has 1 rings (SSSR count). The third kappa shape index (κ3) is 6.48. The number of hydrogen-bond acceptors (Lipinski definition) is 3. The Kier molecular flexibility index (Phi) is 7.55. The molecule has 0 aliphatic rings. The maximum absolute atomic E-state index is 4.21. The second kappa shape index (κ2) is 9.24. The number of rotatable bonds is 7. The van der Waals surface area contributed by atoms with E-state index in [0.29, 0.717) is 0 Å². The first-order chi connectivity index (χ1) is 7.93. The summed E-state index contributed by atoms with van der Waals surface area (Å²) >= 11 is 0. The van der Waals surface area contributed by atoms with Crippen molar-refractivity contribution in [1.29, 1.82) is 0 Å². The van der Waals surface area contributed by atoms with Crippen LogP contribution in [-0.4, -0.2) is 12.1 Å². The molecule has 0 saturated heterocycles. The third-order valence-corrected chi connectivity index (χ3v) is 3.59. The van der Waals surface area contributed by atoms with E-state index in [1.54, 1.807) is 33.9 Å². The van der Waals surface area contributed by atoms with E-state index in [4.69, 9.17) is 0 Å². The lowest BCUT2D eigenvalue weighted by Crippen LogP contribution is -2.29. The van der Waals surface area contributed by atoms with E-state index >= 15 is 0 Å². The molecule has 84 valence electrons. The van der Waals surface area contributed by atoms with Gasteiger partial charge in [-0.1, -0.05) is 35.6 Å². The van der Waals surface area contributed by atoms with Crippen LogP contribution >= 0.6 is 21.6 Å². The van der Waals surface area contributed by atoms with Crippen LogP contribution < -0.4 is 4.57 Å². The molecule has 0 amide bonds. The van der Waals surface area contributed by atoms with Crippen molar-refractivity contribution >= 4 is 27.8 Å². The molecule has 0 saturated carbocycles. The van der Waals surface area contributed by atoms with Crippen LogP contribution in [0.5, 0.6) is 0 Å². The predicted octanol–water partition coefficient (Wildman–Crippen LogP) is 3.08. The summed E-state index contributed by atoms with van der Waals surface area (Å²) in [5.74, 6) is 1.73. The predicted molar refractivity (Wildman–Crippen MR) is 74.5 cm³/mol. The zero-order chi connectivity index (χ0) is 11.5. The van der Waals surface area contributed by atoms with Gasteiger partial charge >= 0.3 is 0 Å². The van der Waals surface area contributed by atoms with Gasteiger partial charge in [-0.05, 0) is 16.9 Å². The van der Waals surface area contributed by atoms with E-state index in [-0.39, 0.29) is 0 Å². The van der Waals surface area contributed by atoms with Gasteiger partial charge in [-0.3, -0.25) is 4.99 Å². The maximum atomic E-state index is 4.21. The molecule has 1 heterocycles. The number of hydrogen-bond donors (Lipinski definition) is 0. The van der Waals surface area contributed by atoms with E-state index in [0.717, 1.165) is 11.8 Å². The van der Waals surface area contributed by atoms with Crippen LogP contribution in [-0.2, 0) is 5.88 Å². The maximum Gasteiger partial charge on any atom is 0.204 e. The summed E-state index contributed by atoms with van der Waals surface area (Å²) in [6.07, 6.45) is 11.4. The Morgan fingerprint density at radius 3 is 2.69 bits per heavy atom. The SMILES string of the molecule is C=C/C=C\C=NCSSC[n+]1ccccc1. The number of allylic oxidation sites excluding steroid dienone is 3. The van der Waals surface area contributed by atoms with Crippen molar-refractivity contribution in [3.05, 3.63) is 55.4 Å². The lowest BCUT2D eigenvalue weighted by Gasteiger charge is -1.94. The first-order valence-electron chi connectivity index (χ1n) is 4.89. The van der Waals surface area contributed by atoms with Gasteiger partial charge in [-0.15, -0.1) is 0 Å². The van der Waals surface area contributed by atoms with Gasteiger partial charge in [0, 0.05) is 18.3 Å². The molecule has 0 unspecified atom stereocenters. The van der Waals surface area contributed by atoms with Gasteiger partial charge in [-0.2, -0.15) is 4.57 Å². The second-order valence-electron chi connectivity index (χ2n) is 2.84. The first-order valence-corrected chi connectivity index (χ1v) is 7.38. The zero-order valence-electron chi connectivity index (χ0n) is 9.03. The molecular formula is C12H15N2S2+. The van der Waals surface area contributed by atoms with Crippen molar-refractivity contribution in [2.75, 3.05) is 5.88 Å². The molecule has 2 nitrogen and oxygen atoms in total. The van der Waals surface area contributed by atoms with Crippen LogP contribution in [0.1, 0.15) is 0 Å². The molecule has 1 aromatic heterocycles. The smallest absolute Gasteiger partial charge is 0.204 e. The van der Waals surface area contributed by atoms with Crippen molar-refractivity contribution in [1.82, 2.24) is 0 Å². The van der Waals surface area contributed by atoms with Crippen molar-refractivity contribution < 1.29 is 4.57 Å². The average Bonchev–Trinajstić information content (AvgIpc) is 2.34. The van der Waals surface area contributed by atoms with Gasteiger partial charge < -0.3 is 0 Å². The molecule has 0 N–H and O–H groups in total. The third-order valence-electron chi connectivity index (χ3n) is 1.63. The highest BCUT2D eigenvalue weighted by Gasteiger charge is 1.96. The van der Waals surface area contributed by atoms with Gasteiger partial charge in [0.15, 0.2) is 12.4 Å². The molecule has 4 heteroatoms. The summed E-state index contributed by atoms with van der Waals surface area (Å²) in [6, 6.07) is 6.08. The van der Waals surface area contributed by atoms with E-state index in [1.165, 1.54) is 0 Å². The lowest BCUT2D eigenvalue weighted by atomic mass is 10.5. The fourth-order valence-corrected chi connectivity index (χ4v) is 2.50.